The molecule has 1 saturated carbocycles. The average Bonchev–Trinajstić information content (AvgIpc) is 2.52. The predicted molar refractivity (Wildman–Crippen MR) is 90.3 cm³/mol. The summed E-state index contributed by atoms with van der Waals surface area (Å²) >= 11 is 5.81. The lowest BCUT2D eigenvalue weighted by Gasteiger charge is -2.34. The fourth-order valence-electron chi connectivity index (χ4n) is 2.92. The Morgan fingerprint density at radius 3 is 2.78 bits per heavy atom. The van der Waals surface area contributed by atoms with E-state index in [0.29, 0.717) is 22.5 Å². The zero-order valence-electron chi connectivity index (χ0n) is 13.5. The number of carbonyl (C=O) groups is 2. The summed E-state index contributed by atoms with van der Waals surface area (Å²) in [6, 6.07) is 4.63. The molecule has 1 aliphatic rings. The Morgan fingerprint density at radius 2 is 2.09 bits per heavy atom. The Hall–Kier alpha value is -1.75. The van der Waals surface area contributed by atoms with Crippen molar-refractivity contribution in [1.29, 1.82) is 0 Å². The molecule has 23 heavy (non-hydrogen) atoms. The lowest BCUT2D eigenvalue weighted by Crippen LogP contribution is -2.45. The second kappa shape index (κ2) is 7.68. The number of nitrogens with two attached hydrogens (primary N) is 1. The average molecular weight is 339 g/mol. The number of hydrogen-bond donors (Lipinski definition) is 2. The Morgan fingerprint density at radius 1 is 1.35 bits per heavy atom. The highest BCUT2D eigenvalue weighted by Crippen LogP contribution is 2.29. The lowest BCUT2D eigenvalue weighted by molar-refractivity contribution is -0.125. The van der Waals surface area contributed by atoms with Crippen LogP contribution in [0.15, 0.2) is 18.2 Å². The van der Waals surface area contributed by atoms with E-state index < -0.39 is 5.97 Å². The van der Waals surface area contributed by atoms with Crippen molar-refractivity contribution in [3.8, 4) is 0 Å². The van der Waals surface area contributed by atoms with Gasteiger partial charge in [0.2, 0.25) is 0 Å². The molecule has 0 bridgehead atoms. The van der Waals surface area contributed by atoms with Crippen LogP contribution in [0.5, 0.6) is 0 Å². The Kier molecular flexibility index (Phi) is 5.88. The Balaban J connectivity index is 1.84. The summed E-state index contributed by atoms with van der Waals surface area (Å²) < 4.78 is 5.04. The van der Waals surface area contributed by atoms with E-state index in [0.717, 1.165) is 12.8 Å². The number of esters is 1. The molecule has 6 heteroatoms. The first-order chi connectivity index (χ1) is 10.9. The number of hydrogen-bond acceptors (Lipinski definition) is 4. The van der Waals surface area contributed by atoms with Crippen LogP contribution in [0, 0.1) is 11.8 Å². The van der Waals surface area contributed by atoms with Crippen LogP contribution in [0.2, 0.25) is 5.02 Å². The minimum Gasteiger partial charge on any atom is -0.452 e. The van der Waals surface area contributed by atoms with Gasteiger partial charge in [0.25, 0.3) is 5.91 Å². The predicted octanol–water partition coefficient (Wildman–Crippen LogP) is 3.02. The van der Waals surface area contributed by atoms with E-state index in [2.05, 4.69) is 19.2 Å². The first-order valence-electron chi connectivity index (χ1n) is 7.90. The topological polar surface area (TPSA) is 81.4 Å². The van der Waals surface area contributed by atoms with E-state index in [1.54, 1.807) is 0 Å². The minimum atomic E-state index is -0.589. The number of nitrogen functional groups attached to an aromatic ring is 1. The number of nitrogens with one attached hydrogen (secondary N) is 1. The van der Waals surface area contributed by atoms with E-state index >= 15 is 0 Å². The van der Waals surface area contributed by atoms with Gasteiger partial charge >= 0.3 is 5.97 Å². The molecule has 0 heterocycles. The molecule has 1 aromatic rings. The molecule has 0 aromatic heterocycles. The van der Waals surface area contributed by atoms with Crippen LogP contribution in [0.1, 0.15) is 43.5 Å². The summed E-state index contributed by atoms with van der Waals surface area (Å²) in [4.78, 5) is 23.9. The number of halogens is 1. The van der Waals surface area contributed by atoms with Gasteiger partial charge in [-0.3, -0.25) is 4.79 Å². The fourth-order valence-corrected chi connectivity index (χ4v) is 3.04. The third-order valence-electron chi connectivity index (χ3n) is 4.62. The highest BCUT2D eigenvalue weighted by Gasteiger charge is 2.28. The summed E-state index contributed by atoms with van der Waals surface area (Å²) in [5, 5.41) is 3.34. The summed E-state index contributed by atoms with van der Waals surface area (Å²) in [7, 11) is 0. The van der Waals surface area contributed by atoms with Gasteiger partial charge in [-0.05, 0) is 36.5 Å². The molecule has 0 saturated heterocycles. The molecule has 1 fully saturated rings. The second-order valence-corrected chi connectivity index (χ2v) is 6.66. The highest BCUT2D eigenvalue weighted by molar-refractivity contribution is 6.33. The fraction of sp³-hybridized carbons (Fsp3) is 0.529. The van der Waals surface area contributed by atoms with E-state index in [4.69, 9.17) is 22.1 Å². The monoisotopic (exact) mass is 338 g/mol. The largest absolute Gasteiger partial charge is 0.452 e. The summed E-state index contributed by atoms with van der Waals surface area (Å²) in [5.41, 5.74) is 6.23. The molecular weight excluding hydrogens is 316 g/mol. The first kappa shape index (κ1) is 17.6. The van der Waals surface area contributed by atoms with Crippen molar-refractivity contribution in [3.05, 3.63) is 28.8 Å². The summed E-state index contributed by atoms with van der Waals surface area (Å²) in [6.07, 6.45) is 3.28. The van der Waals surface area contributed by atoms with Gasteiger partial charge in [-0.1, -0.05) is 38.3 Å². The Labute approximate surface area is 141 Å². The molecule has 1 amide bonds. The van der Waals surface area contributed by atoms with Gasteiger partial charge in [0, 0.05) is 6.04 Å². The summed E-state index contributed by atoms with van der Waals surface area (Å²) in [5.74, 6) is 0.160. The highest BCUT2D eigenvalue weighted by atomic mass is 35.5. The van der Waals surface area contributed by atoms with Crippen molar-refractivity contribution < 1.29 is 14.3 Å². The third-order valence-corrected chi connectivity index (χ3v) is 4.96. The maximum Gasteiger partial charge on any atom is 0.338 e. The van der Waals surface area contributed by atoms with Crippen molar-refractivity contribution >= 4 is 29.2 Å². The van der Waals surface area contributed by atoms with Crippen LogP contribution in [0.3, 0.4) is 0 Å². The van der Waals surface area contributed by atoms with Gasteiger partial charge in [-0.15, -0.1) is 0 Å². The van der Waals surface area contributed by atoms with Gasteiger partial charge in [0.15, 0.2) is 6.61 Å². The molecule has 3 unspecified atom stereocenters. The van der Waals surface area contributed by atoms with Gasteiger partial charge < -0.3 is 15.8 Å². The van der Waals surface area contributed by atoms with Crippen molar-refractivity contribution in [2.24, 2.45) is 11.8 Å². The molecule has 1 aliphatic carbocycles. The van der Waals surface area contributed by atoms with E-state index in [-0.39, 0.29) is 24.1 Å². The van der Waals surface area contributed by atoms with Crippen LogP contribution in [0.4, 0.5) is 5.69 Å². The smallest absolute Gasteiger partial charge is 0.338 e. The van der Waals surface area contributed by atoms with E-state index in [1.807, 2.05) is 0 Å². The maximum atomic E-state index is 12.0. The zero-order valence-corrected chi connectivity index (χ0v) is 14.2. The van der Waals surface area contributed by atoms with Crippen LogP contribution >= 0.6 is 11.6 Å². The van der Waals surface area contributed by atoms with Gasteiger partial charge in [0.05, 0.1) is 16.3 Å². The number of amides is 1. The number of anilines is 1. The number of ether oxygens (including phenoxy) is 1. The first-order valence-corrected chi connectivity index (χ1v) is 8.27. The number of benzene rings is 1. The lowest BCUT2D eigenvalue weighted by atomic mass is 9.78. The molecule has 2 rings (SSSR count). The molecule has 5 nitrogen and oxygen atoms in total. The normalized spacial score (nSPS) is 24.0. The Bertz CT molecular complexity index is 591. The molecule has 3 atom stereocenters. The SMILES string of the molecule is CC1CCCC(NC(=O)COC(=O)c2ccc(Cl)c(N)c2)C1C. The van der Waals surface area contributed by atoms with Gasteiger partial charge in [-0.2, -0.15) is 0 Å². The zero-order chi connectivity index (χ0) is 17.0. The standard InChI is InChI=1S/C17H23ClN2O3/c1-10-4-3-5-15(11(10)2)20-16(21)9-23-17(22)12-6-7-13(18)14(19)8-12/h6-8,10-11,15H,3-5,9,19H2,1-2H3,(H,20,21). The van der Waals surface area contributed by atoms with Gasteiger partial charge in [-0.25, -0.2) is 4.79 Å². The third kappa shape index (κ3) is 4.61. The molecule has 3 N–H and O–H groups in total. The van der Waals surface area contributed by atoms with Crippen LogP contribution in [-0.4, -0.2) is 24.5 Å². The van der Waals surface area contributed by atoms with Crippen molar-refractivity contribution in [1.82, 2.24) is 5.32 Å². The number of carbonyl (C=O) groups excluding carboxylic acids is 2. The quantitative estimate of drug-likeness (QED) is 0.653. The minimum absolute atomic E-state index is 0.149. The molecule has 0 aliphatic heterocycles. The van der Waals surface area contributed by atoms with Crippen molar-refractivity contribution in [2.45, 2.75) is 39.2 Å². The number of rotatable bonds is 4. The molecule has 0 radical (unpaired) electrons. The molecular formula is C17H23ClN2O3. The van der Waals surface area contributed by atoms with Crippen LogP contribution in [-0.2, 0) is 9.53 Å². The van der Waals surface area contributed by atoms with Gasteiger partial charge in [0.1, 0.15) is 0 Å². The molecule has 126 valence electrons. The molecule has 0 spiro atoms. The van der Waals surface area contributed by atoms with E-state index in [1.165, 1.54) is 24.6 Å². The van der Waals surface area contributed by atoms with Crippen molar-refractivity contribution in [3.63, 3.8) is 0 Å². The maximum absolute atomic E-state index is 12.0. The second-order valence-electron chi connectivity index (χ2n) is 6.25. The molecule has 1 aromatic carbocycles. The van der Waals surface area contributed by atoms with Crippen molar-refractivity contribution in [2.75, 3.05) is 12.3 Å². The van der Waals surface area contributed by atoms with Crippen LogP contribution in [0.25, 0.3) is 0 Å². The summed E-state index contributed by atoms with van der Waals surface area (Å²) in [6.45, 7) is 4.06. The van der Waals surface area contributed by atoms with E-state index in [9.17, 15) is 9.59 Å². The van der Waals surface area contributed by atoms with Crippen LogP contribution < -0.4 is 11.1 Å².